The van der Waals surface area contributed by atoms with E-state index in [0.717, 1.165) is 44.1 Å². The van der Waals surface area contributed by atoms with Gasteiger partial charge in [0.15, 0.2) is 6.10 Å². The number of halogens is 1. The molecule has 2 aliphatic heterocycles. The Morgan fingerprint density at radius 2 is 1.85 bits per heavy atom. The van der Waals surface area contributed by atoms with Gasteiger partial charge in [-0.15, -0.1) is 11.3 Å². The number of hydrogen-bond donors (Lipinski definition) is 1. The highest BCUT2D eigenvalue weighted by molar-refractivity contribution is 7.09. The fraction of sp³-hybridized carbons (Fsp3) is 0.480. The smallest absolute Gasteiger partial charge is 0.261 e. The molecule has 180 valence electrons. The Morgan fingerprint density at radius 3 is 2.56 bits per heavy atom. The zero-order chi connectivity index (χ0) is 23.7. The van der Waals surface area contributed by atoms with E-state index >= 15 is 0 Å². The Balaban J connectivity index is 1.33. The zero-order valence-corrected chi connectivity index (χ0v) is 20.4. The molecule has 0 radical (unpaired) electrons. The monoisotopic (exact) mass is 501 g/mol. The van der Waals surface area contributed by atoms with Gasteiger partial charge in [0.1, 0.15) is 6.54 Å². The van der Waals surface area contributed by atoms with E-state index in [0.29, 0.717) is 11.6 Å². The van der Waals surface area contributed by atoms with E-state index in [1.807, 2.05) is 29.6 Å². The summed E-state index contributed by atoms with van der Waals surface area (Å²) >= 11 is 7.74. The molecule has 9 heteroatoms. The molecular weight excluding hydrogens is 474 g/mol. The summed E-state index contributed by atoms with van der Waals surface area (Å²) in [5.74, 6) is -1.35. The summed E-state index contributed by atoms with van der Waals surface area (Å²) in [4.78, 5) is 48.3. The van der Waals surface area contributed by atoms with Crippen molar-refractivity contribution in [1.82, 2.24) is 15.3 Å². The fourth-order valence-electron chi connectivity index (χ4n) is 5.34. The fourth-order valence-corrected chi connectivity index (χ4v) is 6.17. The maximum Gasteiger partial charge on any atom is 0.261 e. The number of likely N-dealkylation sites (tertiary alicyclic amines) is 1. The summed E-state index contributed by atoms with van der Waals surface area (Å²) in [5, 5.41) is 7.02. The average Bonchev–Trinajstić information content (AvgIpc) is 3.53. The number of rotatable bonds is 7. The second-order valence-electron chi connectivity index (χ2n) is 9.14. The van der Waals surface area contributed by atoms with Crippen LogP contribution in [-0.4, -0.2) is 52.9 Å². The molecule has 3 atom stereocenters. The van der Waals surface area contributed by atoms with Crippen molar-refractivity contribution in [3.05, 3.63) is 57.2 Å². The Kier molecular flexibility index (Phi) is 7.01. The maximum absolute atomic E-state index is 13.6. The van der Waals surface area contributed by atoms with Crippen LogP contribution in [0.1, 0.15) is 48.6 Å². The minimum atomic E-state index is -0.894. The summed E-state index contributed by atoms with van der Waals surface area (Å²) in [7, 11) is 0. The molecule has 3 fully saturated rings. The number of benzene rings is 1. The lowest BCUT2D eigenvalue weighted by Gasteiger charge is -2.32. The Hall–Kier alpha value is -2.26. The van der Waals surface area contributed by atoms with E-state index in [-0.39, 0.29) is 30.3 Å². The number of imide groups is 1. The highest BCUT2D eigenvalue weighted by Crippen LogP contribution is 2.46. The first-order chi connectivity index (χ1) is 16.5. The highest BCUT2D eigenvalue weighted by atomic mass is 35.5. The van der Waals surface area contributed by atoms with Crippen LogP contribution >= 0.6 is 22.9 Å². The van der Waals surface area contributed by atoms with Crippen molar-refractivity contribution in [3.8, 4) is 0 Å². The molecule has 0 spiro atoms. The molecule has 1 saturated carbocycles. The van der Waals surface area contributed by atoms with E-state index in [1.54, 1.807) is 23.5 Å². The predicted molar refractivity (Wildman–Crippen MR) is 129 cm³/mol. The van der Waals surface area contributed by atoms with Crippen LogP contribution in [0.15, 0.2) is 41.8 Å². The number of nitrogens with zero attached hydrogens (tertiary/aromatic N) is 2. The summed E-state index contributed by atoms with van der Waals surface area (Å²) in [6.07, 6.45) is 4.74. The molecule has 3 amide bonds. The molecule has 1 N–H and O–H groups in total. The average molecular weight is 502 g/mol. The molecule has 0 bridgehead atoms. The highest BCUT2D eigenvalue weighted by Gasteiger charge is 2.60. The van der Waals surface area contributed by atoms with Crippen LogP contribution in [0, 0.1) is 5.92 Å². The third-order valence-electron chi connectivity index (χ3n) is 6.95. The van der Waals surface area contributed by atoms with Crippen molar-refractivity contribution < 1.29 is 19.2 Å². The van der Waals surface area contributed by atoms with Gasteiger partial charge in [-0.25, -0.2) is 0 Å². The van der Waals surface area contributed by atoms with Crippen LogP contribution in [0.5, 0.6) is 0 Å². The predicted octanol–water partition coefficient (Wildman–Crippen LogP) is 3.74. The third-order valence-corrected chi connectivity index (χ3v) is 8.14. The van der Waals surface area contributed by atoms with E-state index in [4.69, 9.17) is 16.4 Å². The minimum absolute atomic E-state index is 0.0529. The van der Waals surface area contributed by atoms with E-state index < -0.39 is 18.1 Å². The molecule has 3 heterocycles. The largest absolute Gasteiger partial charge is 0.355 e. The van der Waals surface area contributed by atoms with Gasteiger partial charge in [-0.05, 0) is 48.4 Å². The summed E-state index contributed by atoms with van der Waals surface area (Å²) in [6.45, 7) is 0.452. The normalized spacial score (nSPS) is 25.7. The number of hydrogen-bond acceptors (Lipinski definition) is 6. The molecule has 3 aliphatic rings. The van der Waals surface area contributed by atoms with Gasteiger partial charge >= 0.3 is 0 Å². The zero-order valence-electron chi connectivity index (χ0n) is 18.8. The number of carbonyl (C=O) groups is 3. The summed E-state index contributed by atoms with van der Waals surface area (Å²) < 4.78 is 0. The van der Waals surface area contributed by atoms with Crippen LogP contribution < -0.4 is 5.32 Å². The standard InChI is InChI=1S/C25H28ClN3O4S/c26-17-10-8-16(9-11-17)22-21-23(25(32)29(24(21)31)18-5-2-1-3-6-18)33-28(22)15-20(30)27-13-12-19-7-4-14-34-19/h4,7-11,14,18,21-23H,1-3,5-6,12-13,15H2,(H,27,30). The van der Waals surface area contributed by atoms with Crippen molar-refractivity contribution in [2.24, 2.45) is 5.92 Å². The molecule has 2 saturated heterocycles. The second kappa shape index (κ2) is 10.2. The lowest BCUT2D eigenvalue weighted by atomic mass is 9.90. The van der Waals surface area contributed by atoms with Crippen LogP contribution in [0.4, 0.5) is 0 Å². The van der Waals surface area contributed by atoms with E-state index in [1.165, 1.54) is 14.8 Å². The number of fused-ring (bicyclic) bond motifs is 1. The Bertz CT molecular complexity index is 1040. The first-order valence-electron chi connectivity index (χ1n) is 11.9. The van der Waals surface area contributed by atoms with Gasteiger partial charge in [-0.1, -0.05) is 49.1 Å². The van der Waals surface area contributed by atoms with Gasteiger partial charge in [0, 0.05) is 22.5 Å². The lowest BCUT2D eigenvalue weighted by Crippen LogP contribution is -2.45. The molecule has 34 heavy (non-hydrogen) atoms. The van der Waals surface area contributed by atoms with Gasteiger partial charge in [0.25, 0.3) is 5.91 Å². The lowest BCUT2D eigenvalue weighted by molar-refractivity contribution is -0.183. The van der Waals surface area contributed by atoms with Crippen molar-refractivity contribution in [2.45, 2.75) is 56.7 Å². The van der Waals surface area contributed by atoms with Crippen molar-refractivity contribution in [1.29, 1.82) is 0 Å². The third kappa shape index (κ3) is 4.64. The van der Waals surface area contributed by atoms with Crippen molar-refractivity contribution >= 4 is 40.7 Å². The van der Waals surface area contributed by atoms with Crippen LogP contribution in [0.25, 0.3) is 0 Å². The Labute approximate surface area is 208 Å². The Morgan fingerprint density at radius 1 is 1.09 bits per heavy atom. The first-order valence-corrected chi connectivity index (χ1v) is 13.1. The number of hydroxylamine groups is 2. The topological polar surface area (TPSA) is 79.0 Å². The number of amides is 3. The molecule has 1 aromatic heterocycles. The molecule has 1 aliphatic carbocycles. The van der Waals surface area contributed by atoms with Crippen LogP contribution in [0.3, 0.4) is 0 Å². The molecule has 3 unspecified atom stereocenters. The van der Waals surface area contributed by atoms with E-state index in [9.17, 15) is 14.4 Å². The SMILES string of the molecule is O=C(CN1OC2C(=O)N(C3CCCCC3)C(=O)C2C1c1ccc(Cl)cc1)NCCc1cccs1. The number of carbonyl (C=O) groups excluding carboxylic acids is 3. The van der Waals surface area contributed by atoms with Gasteiger partial charge in [0.05, 0.1) is 12.0 Å². The van der Waals surface area contributed by atoms with Crippen LogP contribution in [0.2, 0.25) is 5.02 Å². The molecule has 7 nitrogen and oxygen atoms in total. The van der Waals surface area contributed by atoms with Crippen molar-refractivity contribution in [2.75, 3.05) is 13.1 Å². The van der Waals surface area contributed by atoms with Crippen LogP contribution in [-0.2, 0) is 25.6 Å². The van der Waals surface area contributed by atoms with Gasteiger partial charge in [-0.3, -0.25) is 24.1 Å². The molecule has 1 aromatic carbocycles. The first kappa shape index (κ1) is 23.5. The summed E-state index contributed by atoms with van der Waals surface area (Å²) in [6, 6.07) is 10.6. The van der Waals surface area contributed by atoms with E-state index in [2.05, 4.69) is 5.32 Å². The number of thiophene rings is 1. The maximum atomic E-state index is 13.6. The quantitative estimate of drug-likeness (QED) is 0.585. The summed E-state index contributed by atoms with van der Waals surface area (Å²) in [5.41, 5.74) is 0.801. The minimum Gasteiger partial charge on any atom is -0.355 e. The second-order valence-corrected chi connectivity index (χ2v) is 10.6. The van der Waals surface area contributed by atoms with Gasteiger partial charge < -0.3 is 5.32 Å². The molecule has 5 rings (SSSR count). The number of nitrogens with one attached hydrogen (secondary N) is 1. The molecular formula is C25H28ClN3O4S. The van der Waals surface area contributed by atoms with Gasteiger partial charge in [-0.2, -0.15) is 5.06 Å². The van der Waals surface area contributed by atoms with Crippen molar-refractivity contribution in [3.63, 3.8) is 0 Å². The molecule has 2 aromatic rings. The van der Waals surface area contributed by atoms with Gasteiger partial charge in [0.2, 0.25) is 11.8 Å².